The molecule has 0 spiro atoms. The highest BCUT2D eigenvalue weighted by Gasteiger charge is 2.25. The van der Waals surface area contributed by atoms with Crippen LogP contribution in [0.4, 0.5) is 5.69 Å². The van der Waals surface area contributed by atoms with E-state index in [1.807, 2.05) is 7.11 Å². The zero-order valence-electron chi connectivity index (χ0n) is 12.0. The Bertz CT molecular complexity index is 391. The quantitative estimate of drug-likeness (QED) is 0.872. The molecule has 2 heteroatoms. The van der Waals surface area contributed by atoms with Gasteiger partial charge < -0.3 is 10.1 Å². The predicted octanol–water partition coefficient (Wildman–Crippen LogP) is 3.98. The molecule has 0 amide bonds. The van der Waals surface area contributed by atoms with Gasteiger partial charge in [-0.05, 0) is 44.7 Å². The van der Waals surface area contributed by atoms with E-state index in [-0.39, 0.29) is 0 Å². The number of hydrogen-bond acceptors (Lipinski definition) is 2. The summed E-state index contributed by atoms with van der Waals surface area (Å²) in [5.41, 5.74) is 5.32. The molecule has 0 radical (unpaired) electrons. The van der Waals surface area contributed by atoms with E-state index < -0.39 is 0 Å². The van der Waals surface area contributed by atoms with E-state index in [1.54, 1.807) is 0 Å². The molecule has 0 saturated heterocycles. The molecule has 1 aliphatic rings. The van der Waals surface area contributed by atoms with Crippen LogP contribution in [-0.2, 0) is 4.74 Å². The molecular weight excluding hydrogens is 222 g/mol. The molecule has 1 N–H and O–H groups in total. The molecule has 1 aromatic rings. The molecule has 0 heterocycles. The fourth-order valence-corrected chi connectivity index (χ4v) is 3.14. The van der Waals surface area contributed by atoms with E-state index in [9.17, 15) is 0 Å². The number of aryl methyl sites for hydroxylation is 3. The van der Waals surface area contributed by atoms with E-state index in [0.717, 1.165) is 0 Å². The summed E-state index contributed by atoms with van der Waals surface area (Å²) >= 11 is 0. The van der Waals surface area contributed by atoms with Gasteiger partial charge >= 0.3 is 0 Å². The first-order valence-electron chi connectivity index (χ1n) is 6.99. The van der Waals surface area contributed by atoms with E-state index in [2.05, 4.69) is 38.2 Å². The number of ether oxygens (including phenoxy) is 1. The average Bonchev–Trinajstić information content (AvgIpc) is 2.34. The Morgan fingerprint density at radius 3 is 2.28 bits per heavy atom. The van der Waals surface area contributed by atoms with Crippen molar-refractivity contribution in [3.05, 3.63) is 28.8 Å². The van der Waals surface area contributed by atoms with Crippen molar-refractivity contribution in [2.45, 2.75) is 58.6 Å². The smallest absolute Gasteiger partial charge is 0.0772 e. The number of hydrogen-bond donors (Lipinski definition) is 1. The minimum Gasteiger partial charge on any atom is -0.379 e. The molecule has 1 saturated carbocycles. The molecule has 2 rings (SSSR count). The minimum absolute atomic E-state index is 0.360. The summed E-state index contributed by atoms with van der Waals surface area (Å²) in [5, 5.41) is 3.72. The van der Waals surface area contributed by atoms with Crippen LogP contribution in [0.5, 0.6) is 0 Å². The minimum atomic E-state index is 0.360. The van der Waals surface area contributed by atoms with E-state index in [0.29, 0.717) is 12.1 Å². The van der Waals surface area contributed by atoms with Crippen LogP contribution in [0.15, 0.2) is 12.1 Å². The average molecular weight is 247 g/mol. The third-order valence-corrected chi connectivity index (χ3v) is 4.01. The predicted molar refractivity (Wildman–Crippen MR) is 77.3 cm³/mol. The summed E-state index contributed by atoms with van der Waals surface area (Å²) in [6, 6.07) is 4.96. The number of nitrogens with one attached hydrogen (secondary N) is 1. The Labute approximate surface area is 111 Å². The summed E-state index contributed by atoms with van der Waals surface area (Å²) in [7, 11) is 1.83. The maximum Gasteiger partial charge on any atom is 0.0772 e. The third kappa shape index (κ3) is 2.86. The van der Waals surface area contributed by atoms with E-state index in [4.69, 9.17) is 4.74 Å². The lowest BCUT2D eigenvalue weighted by molar-refractivity contribution is 0.0606. The molecule has 1 fully saturated rings. The van der Waals surface area contributed by atoms with Gasteiger partial charge in [-0.3, -0.25) is 0 Å². The zero-order valence-corrected chi connectivity index (χ0v) is 12.0. The van der Waals surface area contributed by atoms with Gasteiger partial charge in [-0.15, -0.1) is 0 Å². The molecule has 2 atom stereocenters. The van der Waals surface area contributed by atoms with Crippen LogP contribution in [0, 0.1) is 20.8 Å². The summed E-state index contributed by atoms with van der Waals surface area (Å²) in [5.74, 6) is 0. The first-order chi connectivity index (χ1) is 8.61. The second kappa shape index (κ2) is 5.75. The lowest BCUT2D eigenvalue weighted by Crippen LogP contribution is -2.38. The largest absolute Gasteiger partial charge is 0.379 e. The molecule has 2 nitrogen and oxygen atoms in total. The Hall–Kier alpha value is -1.02. The van der Waals surface area contributed by atoms with Crippen molar-refractivity contribution in [3.8, 4) is 0 Å². The molecule has 0 aliphatic heterocycles. The second-order valence-corrected chi connectivity index (χ2v) is 5.58. The molecule has 0 aromatic heterocycles. The van der Waals surface area contributed by atoms with Crippen molar-refractivity contribution in [1.29, 1.82) is 0 Å². The SMILES string of the molecule is COC1CCCCC1Nc1c(C)cc(C)cc1C. The third-order valence-electron chi connectivity index (χ3n) is 4.01. The normalized spacial score (nSPS) is 24.0. The van der Waals surface area contributed by atoms with Crippen LogP contribution < -0.4 is 5.32 Å². The molecular formula is C16H25NO. The van der Waals surface area contributed by atoms with Crippen molar-refractivity contribution in [1.82, 2.24) is 0 Å². The summed E-state index contributed by atoms with van der Waals surface area (Å²) in [6.07, 6.45) is 5.35. The van der Waals surface area contributed by atoms with E-state index in [1.165, 1.54) is 48.1 Å². The van der Waals surface area contributed by atoms with Crippen LogP contribution in [-0.4, -0.2) is 19.3 Å². The van der Waals surface area contributed by atoms with Gasteiger partial charge in [0.2, 0.25) is 0 Å². The van der Waals surface area contributed by atoms with Crippen LogP contribution in [0.2, 0.25) is 0 Å². The maximum absolute atomic E-state index is 5.62. The highest BCUT2D eigenvalue weighted by Crippen LogP contribution is 2.28. The fraction of sp³-hybridized carbons (Fsp3) is 0.625. The molecule has 100 valence electrons. The lowest BCUT2D eigenvalue weighted by Gasteiger charge is -2.33. The zero-order chi connectivity index (χ0) is 13.1. The van der Waals surface area contributed by atoms with Crippen molar-refractivity contribution in [2.75, 3.05) is 12.4 Å². The summed E-state index contributed by atoms with van der Waals surface area (Å²) in [4.78, 5) is 0. The summed E-state index contributed by atoms with van der Waals surface area (Å²) < 4.78 is 5.62. The highest BCUT2D eigenvalue weighted by molar-refractivity contribution is 5.58. The molecule has 1 aromatic carbocycles. The lowest BCUT2D eigenvalue weighted by atomic mass is 9.91. The number of methoxy groups -OCH3 is 1. The van der Waals surface area contributed by atoms with Gasteiger partial charge in [0.1, 0.15) is 0 Å². The van der Waals surface area contributed by atoms with Crippen molar-refractivity contribution in [3.63, 3.8) is 0 Å². The molecule has 18 heavy (non-hydrogen) atoms. The highest BCUT2D eigenvalue weighted by atomic mass is 16.5. The molecule has 0 bridgehead atoms. The van der Waals surface area contributed by atoms with Gasteiger partial charge in [-0.1, -0.05) is 30.5 Å². The van der Waals surface area contributed by atoms with Gasteiger partial charge in [0.05, 0.1) is 12.1 Å². The van der Waals surface area contributed by atoms with Crippen LogP contribution >= 0.6 is 0 Å². The monoisotopic (exact) mass is 247 g/mol. The maximum atomic E-state index is 5.62. The Kier molecular flexibility index (Phi) is 4.28. The van der Waals surface area contributed by atoms with Crippen molar-refractivity contribution in [2.24, 2.45) is 0 Å². The van der Waals surface area contributed by atoms with Crippen LogP contribution in [0.1, 0.15) is 42.4 Å². The topological polar surface area (TPSA) is 21.3 Å². The summed E-state index contributed by atoms with van der Waals surface area (Å²) in [6.45, 7) is 6.53. The Balaban J connectivity index is 2.17. The number of benzene rings is 1. The Morgan fingerprint density at radius 2 is 1.67 bits per heavy atom. The fourth-order valence-electron chi connectivity index (χ4n) is 3.14. The number of anilines is 1. The van der Waals surface area contributed by atoms with Gasteiger partial charge in [0, 0.05) is 12.8 Å². The first kappa shape index (κ1) is 13.4. The van der Waals surface area contributed by atoms with Crippen molar-refractivity contribution >= 4 is 5.69 Å². The van der Waals surface area contributed by atoms with Gasteiger partial charge in [-0.2, -0.15) is 0 Å². The standard InChI is InChI=1S/C16H25NO/c1-11-9-12(2)16(13(3)10-11)17-14-7-5-6-8-15(14)18-4/h9-10,14-15,17H,5-8H2,1-4H3. The first-order valence-corrected chi connectivity index (χ1v) is 6.99. The van der Waals surface area contributed by atoms with Gasteiger partial charge in [0.25, 0.3) is 0 Å². The number of rotatable bonds is 3. The van der Waals surface area contributed by atoms with Gasteiger partial charge in [-0.25, -0.2) is 0 Å². The molecule has 1 aliphatic carbocycles. The van der Waals surface area contributed by atoms with Crippen molar-refractivity contribution < 1.29 is 4.74 Å². The van der Waals surface area contributed by atoms with Crippen LogP contribution in [0.3, 0.4) is 0 Å². The second-order valence-electron chi connectivity index (χ2n) is 5.58. The van der Waals surface area contributed by atoms with E-state index >= 15 is 0 Å². The van der Waals surface area contributed by atoms with Gasteiger partial charge in [0.15, 0.2) is 0 Å². The van der Waals surface area contributed by atoms with Crippen LogP contribution in [0.25, 0.3) is 0 Å². The Morgan fingerprint density at radius 1 is 1.06 bits per heavy atom. The molecule has 2 unspecified atom stereocenters.